The van der Waals surface area contributed by atoms with Crippen molar-refractivity contribution >= 4 is 0 Å². The van der Waals surface area contributed by atoms with Crippen molar-refractivity contribution in [2.75, 3.05) is 19.6 Å². The first-order chi connectivity index (χ1) is 11.3. The van der Waals surface area contributed by atoms with Gasteiger partial charge in [0.15, 0.2) is 0 Å². The lowest BCUT2D eigenvalue weighted by Gasteiger charge is -2.32. The number of aliphatic hydroxyl groups is 1. The molecule has 1 aliphatic heterocycles. The van der Waals surface area contributed by atoms with Crippen LogP contribution in [-0.2, 0) is 0 Å². The van der Waals surface area contributed by atoms with Gasteiger partial charge < -0.3 is 10.0 Å². The molecule has 1 saturated heterocycles. The minimum atomic E-state index is -0.513. The van der Waals surface area contributed by atoms with E-state index in [1.54, 1.807) is 0 Å². The van der Waals surface area contributed by atoms with Crippen molar-refractivity contribution in [1.82, 2.24) is 14.9 Å². The summed E-state index contributed by atoms with van der Waals surface area (Å²) in [6, 6.07) is 2.08. The lowest BCUT2D eigenvalue weighted by Crippen LogP contribution is -2.34. The molecule has 0 unspecified atom stereocenters. The second-order valence-electron chi connectivity index (χ2n) is 8.24. The highest BCUT2D eigenvalue weighted by atomic mass is 16.3. The molecule has 1 atom stereocenters. The largest absolute Gasteiger partial charge is 0.390 e. The number of hydrogen-bond donors (Lipinski definition) is 1. The van der Waals surface area contributed by atoms with Crippen LogP contribution in [0.5, 0.6) is 0 Å². The van der Waals surface area contributed by atoms with Crippen LogP contribution in [0.1, 0.15) is 76.7 Å². The lowest BCUT2D eigenvalue weighted by molar-refractivity contribution is 0.0666. The second-order valence-corrected chi connectivity index (χ2v) is 8.24. The number of rotatable bonds is 8. The zero-order valence-electron chi connectivity index (χ0n) is 16.0. The van der Waals surface area contributed by atoms with Gasteiger partial charge in [-0.1, -0.05) is 19.8 Å². The molecule has 1 aliphatic rings. The van der Waals surface area contributed by atoms with Crippen LogP contribution in [0.15, 0.2) is 12.3 Å². The van der Waals surface area contributed by atoms with E-state index in [4.69, 9.17) is 0 Å². The Morgan fingerprint density at radius 2 is 2.00 bits per heavy atom. The van der Waals surface area contributed by atoms with Crippen LogP contribution < -0.4 is 0 Å². The first-order valence-corrected chi connectivity index (χ1v) is 9.58. The van der Waals surface area contributed by atoms with Crippen LogP contribution in [0.4, 0.5) is 0 Å². The molecular formula is C20H35N3O. The summed E-state index contributed by atoms with van der Waals surface area (Å²) in [6.45, 7) is 11.7. The summed E-state index contributed by atoms with van der Waals surface area (Å²) >= 11 is 0. The van der Waals surface area contributed by atoms with Crippen LogP contribution in [0, 0.1) is 12.8 Å². The first-order valence-electron chi connectivity index (χ1n) is 9.58. The molecule has 1 fully saturated rings. The summed E-state index contributed by atoms with van der Waals surface area (Å²) in [5, 5.41) is 9.78. The van der Waals surface area contributed by atoms with Crippen molar-refractivity contribution < 1.29 is 5.11 Å². The Morgan fingerprint density at radius 3 is 2.62 bits per heavy atom. The molecule has 0 bridgehead atoms. The third-order valence-electron chi connectivity index (χ3n) is 5.23. The van der Waals surface area contributed by atoms with Crippen LogP contribution in [-0.4, -0.2) is 45.2 Å². The molecule has 2 heterocycles. The zero-order valence-corrected chi connectivity index (χ0v) is 16.0. The standard InChI is InChI=1S/C20H35N3O/c1-16(6-5-11-20(3,4)24)8-13-23-14-9-18(10-15-23)19-7-12-21-17(2)22-19/h7,12,16,18,24H,5-6,8-11,13-15H2,1-4H3/t16-/m1/s1. The van der Waals surface area contributed by atoms with Gasteiger partial charge in [0.1, 0.15) is 5.82 Å². The maximum atomic E-state index is 9.78. The van der Waals surface area contributed by atoms with E-state index in [0.717, 1.165) is 24.6 Å². The molecule has 1 N–H and O–H groups in total. The van der Waals surface area contributed by atoms with E-state index >= 15 is 0 Å². The zero-order chi connectivity index (χ0) is 17.6. The van der Waals surface area contributed by atoms with E-state index in [1.165, 1.54) is 51.0 Å². The molecule has 24 heavy (non-hydrogen) atoms. The van der Waals surface area contributed by atoms with E-state index in [9.17, 15) is 5.11 Å². The lowest BCUT2D eigenvalue weighted by atomic mass is 9.92. The molecule has 136 valence electrons. The number of aryl methyl sites for hydroxylation is 1. The monoisotopic (exact) mass is 333 g/mol. The maximum absolute atomic E-state index is 9.78. The molecule has 0 radical (unpaired) electrons. The fourth-order valence-electron chi connectivity index (χ4n) is 3.58. The number of piperidine rings is 1. The fourth-order valence-corrected chi connectivity index (χ4v) is 3.58. The normalized spacial score (nSPS) is 18.7. The Balaban J connectivity index is 1.64. The fraction of sp³-hybridized carbons (Fsp3) is 0.800. The third kappa shape index (κ3) is 6.86. The molecule has 0 aliphatic carbocycles. The second kappa shape index (κ2) is 8.91. The SMILES string of the molecule is Cc1nccc(C2CCN(CC[C@H](C)CCCC(C)(C)O)CC2)n1. The van der Waals surface area contributed by atoms with Crippen molar-refractivity contribution in [1.29, 1.82) is 0 Å². The Hall–Kier alpha value is -1.00. The summed E-state index contributed by atoms with van der Waals surface area (Å²) in [6.07, 6.45) is 8.83. The maximum Gasteiger partial charge on any atom is 0.125 e. The van der Waals surface area contributed by atoms with Crippen molar-refractivity contribution in [2.24, 2.45) is 5.92 Å². The smallest absolute Gasteiger partial charge is 0.125 e. The van der Waals surface area contributed by atoms with Gasteiger partial charge >= 0.3 is 0 Å². The van der Waals surface area contributed by atoms with Gasteiger partial charge in [0.2, 0.25) is 0 Å². The summed E-state index contributed by atoms with van der Waals surface area (Å²) in [7, 11) is 0. The Kier molecular flexibility index (Phi) is 7.17. The summed E-state index contributed by atoms with van der Waals surface area (Å²) in [4.78, 5) is 11.4. The molecule has 0 saturated carbocycles. The van der Waals surface area contributed by atoms with E-state index < -0.39 is 5.60 Å². The van der Waals surface area contributed by atoms with E-state index in [0.29, 0.717) is 5.92 Å². The van der Waals surface area contributed by atoms with Crippen LogP contribution in [0.3, 0.4) is 0 Å². The highest BCUT2D eigenvalue weighted by Gasteiger charge is 2.22. The molecule has 4 nitrogen and oxygen atoms in total. The number of hydrogen-bond acceptors (Lipinski definition) is 4. The molecule has 0 aromatic carbocycles. The molecule has 4 heteroatoms. The average molecular weight is 334 g/mol. The Bertz CT molecular complexity index is 490. The van der Waals surface area contributed by atoms with E-state index in [-0.39, 0.29) is 0 Å². The van der Waals surface area contributed by atoms with Gasteiger partial charge in [0.05, 0.1) is 5.60 Å². The van der Waals surface area contributed by atoms with Gasteiger partial charge in [-0.15, -0.1) is 0 Å². The van der Waals surface area contributed by atoms with Crippen LogP contribution in [0.25, 0.3) is 0 Å². The van der Waals surface area contributed by atoms with Crippen LogP contribution in [0.2, 0.25) is 0 Å². The number of nitrogens with zero attached hydrogens (tertiary/aromatic N) is 3. The Morgan fingerprint density at radius 1 is 1.29 bits per heavy atom. The average Bonchev–Trinajstić information content (AvgIpc) is 2.52. The topological polar surface area (TPSA) is 49.2 Å². The summed E-state index contributed by atoms with van der Waals surface area (Å²) in [5.41, 5.74) is 0.711. The highest BCUT2D eigenvalue weighted by Crippen LogP contribution is 2.27. The summed E-state index contributed by atoms with van der Waals surface area (Å²) < 4.78 is 0. The van der Waals surface area contributed by atoms with Crippen molar-refractivity contribution in [2.45, 2.75) is 77.7 Å². The van der Waals surface area contributed by atoms with Crippen molar-refractivity contribution in [3.63, 3.8) is 0 Å². The van der Waals surface area contributed by atoms with Gasteiger partial charge in [-0.25, -0.2) is 9.97 Å². The van der Waals surface area contributed by atoms with Gasteiger partial charge in [0.25, 0.3) is 0 Å². The minimum absolute atomic E-state index is 0.513. The number of likely N-dealkylation sites (tertiary alicyclic amines) is 1. The predicted molar refractivity (Wildman–Crippen MR) is 99.1 cm³/mol. The van der Waals surface area contributed by atoms with Crippen molar-refractivity contribution in [3.8, 4) is 0 Å². The van der Waals surface area contributed by atoms with E-state index in [1.807, 2.05) is 27.0 Å². The molecule has 0 amide bonds. The molecule has 1 aromatic heterocycles. The third-order valence-corrected chi connectivity index (χ3v) is 5.23. The molecule has 2 rings (SSSR count). The Labute approximate surface area is 147 Å². The van der Waals surface area contributed by atoms with Gasteiger partial charge in [-0.05, 0) is 78.1 Å². The molecular weight excluding hydrogens is 298 g/mol. The van der Waals surface area contributed by atoms with Gasteiger partial charge in [-0.2, -0.15) is 0 Å². The van der Waals surface area contributed by atoms with Crippen molar-refractivity contribution in [3.05, 3.63) is 23.8 Å². The van der Waals surface area contributed by atoms with E-state index in [2.05, 4.69) is 27.9 Å². The molecule has 0 spiro atoms. The molecule has 1 aromatic rings. The number of aromatic nitrogens is 2. The summed E-state index contributed by atoms with van der Waals surface area (Å²) in [5.74, 6) is 2.23. The predicted octanol–water partition coefficient (Wildman–Crippen LogP) is 3.93. The first kappa shape index (κ1) is 19.3. The van der Waals surface area contributed by atoms with Gasteiger partial charge in [0, 0.05) is 17.8 Å². The quantitative estimate of drug-likeness (QED) is 0.783. The highest BCUT2D eigenvalue weighted by molar-refractivity contribution is 5.09. The van der Waals surface area contributed by atoms with Crippen LogP contribution >= 0.6 is 0 Å². The van der Waals surface area contributed by atoms with Gasteiger partial charge in [-0.3, -0.25) is 0 Å². The minimum Gasteiger partial charge on any atom is -0.390 e.